The second kappa shape index (κ2) is 5.26. The number of nitrogens with zero attached hydrogens (tertiary/aromatic N) is 1. The Morgan fingerprint density at radius 1 is 1.20 bits per heavy atom. The number of rotatable bonds is 2. The first-order valence-corrected chi connectivity index (χ1v) is 4.77. The molecule has 12 heteroatoms. The van der Waals surface area contributed by atoms with E-state index >= 15 is 0 Å². The molecule has 1 saturated heterocycles. The molecule has 1 aliphatic heterocycles. The number of esters is 1. The minimum absolute atomic E-state index is 0.619. The number of hydroxylamine groups is 2. The summed E-state index contributed by atoms with van der Waals surface area (Å²) in [4.78, 5) is 36.2. The van der Waals surface area contributed by atoms with E-state index < -0.39 is 54.3 Å². The monoisotopic (exact) mass is 309 g/mol. The number of hydrogen-bond donors (Lipinski definition) is 0. The SMILES string of the molecule is O=C1CC(COC(=O)C(F)(F)F)ON1C(=O)C(F)(F)F. The third-order valence-electron chi connectivity index (χ3n) is 1.94. The van der Waals surface area contributed by atoms with E-state index in [4.69, 9.17) is 0 Å². The third kappa shape index (κ3) is 3.82. The Bertz CT molecular complexity index is 430. The van der Waals surface area contributed by atoms with Crippen LogP contribution < -0.4 is 0 Å². The van der Waals surface area contributed by atoms with Crippen molar-refractivity contribution in [2.45, 2.75) is 24.9 Å². The van der Waals surface area contributed by atoms with Gasteiger partial charge in [-0.05, 0) is 0 Å². The molecule has 114 valence electrons. The minimum atomic E-state index is -5.38. The highest BCUT2D eigenvalue weighted by Crippen LogP contribution is 2.25. The lowest BCUT2D eigenvalue weighted by Gasteiger charge is -2.16. The van der Waals surface area contributed by atoms with Crippen LogP contribution in [0.25, 0.3) is 0 Å². The average Bonchev–Trinajstić information content (AvgIpc) is 2.63. The normalized spacial score (nSPS) is 20.2. The Morgan fingerprint density at radius 2 is 1.75 bits per heavy atom. The van der Waals surface area contributed by atoms with Gasteiger partial charge in [-0.1, -0.05) is 0 Å². The fraction of sp³-hybridized carbons (Fsp3) is 0.625. The van der Waals surface area contributed by atoms with Crippen LogP contribution in [0.3, 0.4) is 0 Å². The molecule has 1 fully saturated rings. The van der Waals surface area contributed by atoms with Crippen LogP contribution in [0.2, 0.25) is 0 Å². The van der Waals surface area contributed by atoms with Crippen molar-refractivity contribution in [2.75, 3.05) is 6.61 Å². The molecule has 0 bridgehead atoms. The van der Waals surface area contributed by atoms with Gasteiger partial charge in [-0.15, -0.1) is 5.06 Å². The Labute approximate surface area is 106 Å². The molecule has 0 aliphatic carbocycles. The van der Waals surface area contributed by atoms with E-state index in [1.165, 1.54) is 0 Å². The Kier molecular flexibility index (Phi) is 4.27. The lowest BCUT2D eigenvalue weighted by atomic mass is 10.3. The lowest BCUT2D eigenvalue weighted by Crippen LogP contribution is -2.41. The van der Waals surface area contributed by atoms with Crippen LogP contribution in [-0.2, 0) is 24.0 Å². The summed E-state index contributed by atoms with van der Waals surface area (Å²) in [5.41, 5.74) is 0. The van der Waals surface area contributed by atoms with Crippen molar-refractivity contribution in [1.82, 2.24) is 5.06 Å². The average molecular weight is 309 g/mol. The molecule has 1 heterocycles. The van der Waals surface area contributed by atoms with Crippen molar-refractivity contribution < 1.29 is 50.3 Å². The van der Waals surface area contributed by atoms with Crippen LogP contribution in [-0.4, -0.2) is 47.9 Å². The fourth-order valence-electron chi connectivity index (χ4n) is 1.14. The van der Waals surface area contributed by atoms with Crippen molar-refractivity contribution in [1.29, 1.82) is 0 Å². The number of carbonyl (C=O) groups is 3. The largest absolute Gasteiger partial charge is 0.490 e. The summed E-state index contributed by atoms with van der Waals surface area (Å²) < 4.78 is 75.0. The molecule has 0 saturated carbocycles. The van der Waals surface area contributed by atoms with Crippen molar-refractivity contribution in [2.24, 2.45) is 0 Å². The molecule has 1 atom stereocenters. The summed E-state index contributed by atoms with van der Waals surface area (Å²) in [7, 11) is 0. The Morgan fingerprint density at radius 3 is 2.20 bits per heavy atom. The van der Waals surface area contributed by atoms with Gasteiger partial charge in [0.15, 0.2) is 0 Å². The van der Waals surface area contributed by atoms with E-state index in [9.17, 15) is 40.7 Å². The summed E-state index contributed by atoms with van der Waals surface area (Å²) in [6.45, 7) is -1.12. The highest BCUT2D eigenvalue weighted by atomic mass is 19.4. The smallest absolute Gasteiger partial charge is 0.456 e. The first-order valence-electron chi connectivity index (χ1n) is 4.77. The zero-order valence-corrected chi connectivity index (χ0v) is 9.25. The van der Waals surface area contributed by atoms with E-state index in [1.807, 2.05) is 0 Å². The van der Waals surface area contributed by atoms with Gasteiger partial charge in [0.2, 0.25) is 0 Å². The van der Waals surface area contributed by atoms with E-state index in [-0.39, 0.29) is 0 Å². The van der Waals surface area contributed by atoms with Gasteiger partial charge in [0.25, 0.3) is 5.91 Å². The summed E-state index contributed by atoms with van der Waals surface area (Å²) in [6.07, 6.45) is -13.1. The summed E-state index contributed by atoms with van der Waals surface area (Å²) in [5.74, 6) is -6.61. The second-order valence-corrected chi connectivity index (χ2v) is 3.52. The fourth-order valence-corrected chi connectivity index (χ4v) is 1.14. The molecule has 2 amide bonds. The summed E-state index contributed by atoms with van der Waals surface area (Å²) in [5, 5.41) is -0.619. The number of halogens is 6. The first kappa shape index (κ1) is 16.2. The highest BCUT2D eigenvalue weighted by Gasteiger charge is 2.50. The van der Waals surface area contributed by atoms with Crippen LogP contribution in [0.4, 0.5) is 26.3 Å². The van der Waals surface area contributed by atoms with Crippen molar-refractivity contribution >= 4 is 17.8 Å². The van der Waals surface area contributed by atoms with Crippen molar-refractivity contribution in [3.05, 3.63) is 0 Å². The van der Waals surface area contributed by atoms with Gasteiger partial charge >= 0.3 is 24.2 Å². The number of amides is 2. The molecular formula is C8H5F6NO5. The highest BCUT2D eigenvalue weighted by molar-refractivity contribution is 5.97. The molecule has 0 N–H and O–H groups in total. The Balaban J connectivity index is 2.56. The molecule has 0 radical (unpaired) electrons. The molecule has 6 nitrogen and oxygen atoms in total. The third-order valence-corrected chi connectivity index (χ3v) is 1.94. The molecule has 0 aromatic rings. The summed E-state index contributed by atoms with van der Waals surface area (Å²) in [6, 6.07) is 0. The van der Waals surface area contributed by atoms with Crippen LogP contribution in [0.5, 0.6) is 0 Å². The van der Waals surface area contributed by atoms with Crippen LogP contribution in [0.1, 0.15) is 6.42 Å². The van der Waals surface area contributed by atoms with Crippen molar-refractivity contribution in [3.8, 4) is 0 Å². The molecule has 1 unspecified atom stereocenters. The van der Waals surface area contributed by atoms with Crippen LogP contribution >= 0.6 is 0 Å². The van der Waals surface area contributed by atoms with Gasteiger partial charge in [0.05, 0.1) is 6.42 Å². The zero-order valence-electron chi connectivity index (χ0n) is 9.25. The van der Waals surface area contributed by atoms with E-state index in [1.54, 1.807) is 0 Å². The molecule has 20 heavy (non-hydrogen) atoms. The molecule has 1 rings (SSSR count). The molecule has 0 aromatic heterocycles. The van der Waals surface area contributed by atoms with E-state index in [0.717, 1.165) is 0 Å². The lowest BCUT2D eigenvalue weighted by molar-refractivity contribution is -0.229. The predicted molar refractivity (Wildman–Crippen MR) is 44.4 cm³/mol. The maximum atomic E-state index is 12.0. The van der Waals surface area contributed by atoms with E-state index in [2.05, 4.69) is 9.57 Å². The zero-order chi connectivity index (χ0) is 15.7. The van der Waals surface area contributed by atoms with Crippen molar-refractivity contribution in [3.63, 3.8) is 0 Å². The second-order valence-electron chi connectivity index (χ2n) is 3.52. The molecule has 0 aromatic carbocycles. The van der Waals surface area contributed by atoms with Crippen LogP contribution in [0, 0.1) is 0 Å². The molecule has 1 aliphatic rings. The van der Waals surface area contributed by atoms with Gasteiger partial charge in [0.1, 0.15) is 12.7 Å². The van der Waals surface area contributed by atoms with E-state index in [0.29, 0.717) is 0 Å². The van der Waals surface area contributed by atoms with Gasteiger partial charge in [-0.2, -0.15) is 26.3 Å². The standard InChI is InChI=1S/C8H5F6NO5/c9-7(10,11)5(17)15-4(16)1-3(20-15)2-19-6(18)8(12,13)14/h3H,1-2H2. The number of ether oxygens (including phenoxy) is 1. The van der Waals surface area contributed by atoms with Gasteiger partial charge < -0.3 is 4.74 Å². The first-order chi connectivity index (χ1) is 8.93. The predicted octanol–water partition coefficient (Wildman–Crippen LogP) is 0.713. The van der Waals surface area contributed by atoms with Gasteiger partial charge in [0, 0.05) is 0 Å². The molecule has 0 spiro atoms. The maximum Gasteiger partial charge on any atom is 0.490 e. The number of imide groups is 1. The Hall–Kier alpha value is -1.85. The number of carbonyl (C=O) groups excluding carboxylic acids is 3. The minimum Gasteiger partial charge on any atom is -0.456 e. The van der Waals surface area contributed by atoms with Crippen LogP contribution in [0.15, 0.2) is 0 Å². The number of alkyl halides is 6. The van der Waals surface area contributed by atoms with Gasteiger partial charge in [-0.25, -0.2) is 4.79 Å². The summed E-state index contributed by atoms with van der Waals surface area (Å²) >= 11 is 0. The molecular weight excluding hydrogens is 304 g/mol. The number of hydrogen-bond acceptors (Lipinski definition) is 5. The quantitative estimate of drug-likeness (QED) is 0.555. The topological polar surface area (TPSA) is 72.9 Å². The maximum absolute atomic E-state index is 12.0. The van der Waals surface area contributed by atoms with Gasteiger partial charge in [-0.3, -0.25) is 14.4 Å².